The lowest BCUT2D eigenvalue weighted by atomic mass is 10.1. The minimum atomic E-state index is -3.83. The van der Waals surface area contributed by atoms with Gasteiger partial charge >= 0.3 is 0 Å². The highest BCUT2D eigenvalue weighted by atomic mass is 32.2. The third kappa shape index (κ3) is 8.64. The molecule has 3 atom stereocenters. The van der Waals surface area contributed by atoms with E-state index in [1.165, 1.54) is 17.5 Å². The van der Waals surface area contributed by atoms with Gasteiger partial charge < -0.3 is 24.9 Å². The lowest BCUT2D eigenvalue weighted by Crippen LogP contribution is -2.53. The first-order valence-electron chi connectivity index (χ1n) is 12.1. The van der Waals surface area contributed by atoms with Gasteiger partial charge in [0.2, 0.25) is 15.9 Å². The predicted octanol–water partition coefficient (Wildman–Crippen LogP) is 2.31. The van der Waals surface area contributed by atoms with Crippen LogP contribution in [0.4, 0.5) is 0 Å². The maximum absolute atomic E-state index is 13.1. The number of nitrogens with zero attached hydrogens (tertiary/aromatic N) is 1. The van der Waals surface area contributed by atoms with Gasteiger partial charge in [0.25, 0.3) is 0 Å². The third-order valence-corrected chi connectivity index (χ3v) is 7.92. The Bertz CT molecular complexity index is 990. The first-order chi connectivity index (χ1) is 16.7. The van der Waals surface area contributed by atoms with Gasteiger partial charge in [-0.25, -0.2) is 12.7 Å². The third-order valence-electron chi connectivity index (χ3n) is 5.73. The van der Waals surface area contributed by atoms with Gasteiger partial charge in [-0.05, 0) is 49.6 Å². The van der Waals surface area contributed by atoms with Crippen molar-refractivity contribution in [3.63, 3.8) is 0 Å². The summed E-state index contributed by atoms with van der Waals surface area (Å²) in [5, 5.41) is 15.5. The minimum Gasteiger partial charge on any atom is -0.497 e. The van der Waals surface area contributed by atoms with E-state index in [-0.39, 0.29) is 13.0 Å². The number of aliphatic hydroxyl groups excluding tert-OH is 1. The fraction of sp³-hybridized carbons (Fsp3) is 0.560. The zero-order valence-electron chi connectivity index (χ0n) is 21.1. The van der Waals surface area contributed by atoms with Crippen LogP contribution >= 0.6 is 0 Å². The molecule has 0 aliphatic heterocycles. The zero-order valence-corrected chi connectivity index (χ0v) is 21.9. The molecule has 1 heterocycles. The van der Waals surface area contributed by atoms with E-state index >= 15 is 0 Å². The second kappa shape index (κ2) is 14.2. The summed E-state index contributed by atoms with van der Waals surface area (Å²) >= 11 is 0. The van der Waals surface area contributed by atoms with Gasteiger partial charge in [-0.2, -0.15) is 0 Å². The standard InChI is InChI=1S/C25H39N3O6S/c1-5-12-28(13-6-2)35(31,32)19(3)25(30)27-23(16-22-11-8-14-34-22)24(29)18-26-17-20-9-7-10-21(15-20)33-4/h7-11,14-15,19,23-24,26,29H,5-6,12-13,16-18H2,1-4H3,(H,27,30)/t19?,23-,24+/m0/s1. The van der Waals surface area contributed by atoms with Crippen LogP contribution in [0.2, 0.25) is 0 Å². The number of benzene rings is 1. The maximum atomic E-state index is 13.1. The van der Waals surface area contributed by atoms with Crippen LogP contribution in [0.15, 0.2) is 47.1 Å². The highest BCUT2D eigenvalue weighted by Gasteiger charge is 2.35. The Hall–Kier alpha value is -2.40. The van der Waals surface area contributed by atoms with Crippen molar-refractivity contribution in [1.29, 1.82) is 0 Å². The van der Waals surface area contributed by atoms with E-state index in [9.17, 15) is 18.3 Å². The molecule has 2 rings (SSSR count). The van der Waals surface area contributed by atoms with Crippen LogP contribution in [-0.4, -0.2) is 67.9 Å². The van der Waals surface area contributed by atoms with Crippen molar-refractivity contribution < 1.29 is 27.5 Å². The fourth-order valence-electron chi connectivity index (χ4n) is 3.74. The second-order valence-electron chi connectivity index (χ2n) is 8.53. The van der Waals surface area contributed by atoms with Crippen molar-refractivity contribution in [3.8, 4) is 5.75 Å². The fourth-order valence-corrected chi connectivity index (χ4v) is 5.40. The topological polar surface area (TPSA) is 121 Å². The summed E-state index contributed by atoms with van der Waals surface area (Å²) in [4.78, 5) is 13.0. The zero-order chi connectivity index (χ0) is 25.8. The van der Waals surface area contributed by atoms with Gasteiger partial charge in [-0.3, -0.25) is 4.79 Å². The molecule has 35 heavy (non-hydrogen) atoms. The summed E-state index contributed by atoms with van der Waals surface area (Å²) < 4.78 is 38.1. The Morgan fingerprint density at radius 1 is 1.17 bits per heavy atom. The Balaban J connectivity index is 2.07. The van der Waals surface area contributed by atoms with E-state index in [0.29, 0.717) is 38.2 Å². The van der Waals surface area contributed by atoms with E-state index in [4.69, 9.17) is 9.15 Å². The van der Waals surface area contributed by atoms with Crippen LogP contribution in [0.1, 0.15) is 44.9 Å². The summed E-state index contributed by atoms with van der Waals surface area (Å²) in [5.74, 6) is 0.671. The van der Waals surface area contributed by atoms with Crippen LogP contribution in [0, 0.1) is 0 Å². The smallest absolute Gasteiger partial charge is 0.239 e. The van der Waals surface area contributed by atoms with Crippen molar-refractivity contribution >= 4 is 15.9 Å². The number of hydrogen-bond acceptors (Lipinski definition) is 7. The highest BCUT2D eigenvalue weighted by molar-refractivity contribution is 7.90. The van der Waals surface area contributed by atoms with E-state index in [0.717, 1.165) is 11.3 Å². The van der Waals surface area contributed by atoms with Crippen molar-refractivity contribution in [2.45, 2.75) is 64.0 Å². The van der Waals surface area contributed by atoms with Crippen LogP contribution < -0.4 is 15.4 Å². The molecule has 0 aliphatic rings. The van der Waals surface area contributed by atoms with Crippen molar-refractivity contribution in [1.82, 2.24) is 14.9 Å². The lowest BCUT2D eigenvalue weighted by molar-refractivity contribution is -0.122. The van der Waals surface area contributed by atoms with Gasteiger partial charge in [-0.1, -0.05) is 26.0 Å². The van der Waals surface area contributed by atoms with Crippen molar-refractivity contribution in [2.75, 3.05) is 26.7 Å². The molecular weight excluding hydrogens is 470 g/mol. The van der Waals surface area contributed by atoms with Crippen LogP contribution in [0.25, 0.3) is 0 Å². The molecule has 10 heteroatoms. The first kappa shape index (κ1) is 28.8. The average molecular weight is 510 g/mol. The summed E-state index contributed by atoms with van der Waals surface area (Å²) in [7, 11) is -2.23. The summed E-state index contributed by atoms with van der Waals surface area (Å²) in [5.41, 5.74) is 0.981. The van der Waals surface area contributed by atoms with E-state index in [1.807, 2.05) is 38.1 Å². The highest BCUT2D eigenvalue weighted by Crippen LogP contribution is 2.14. The Kier molecular flexibility index (Phi) is 11.7. The molecule has 196 valence electrons. The Labute approximate surface area is 208 Å². The number of aliphatic hydroxyl groups is 1. The van der Waals surface area contributed by atoms with Gasteiger partial charge in [0.1, 0.15) is 11.5 Å². The van der Waals surface area contributed by atoms with E-state index < -0.39 is 33.3 Å². The quantitative estimate of drug-likeness (QED) is 0.317. The molecule has 0 aliphatic carbocycles. The molecule has 1 amide bonds. The maximum Gasteiger partial charge on any atom is 0.239 e. The van der Waals surface area contributed by atoms with E-state index in [2.05, 4.69) is 10.6 Å². The molecule has 0 saturated carbocycles. The largest absolute Gasteiger partial charge is 0.497 e. The molecule has 0 radical (unpaired) electrons. The van der Waals surface area contributed by atoms with Gasteiger partial charge in [0.15, 0.2) is 5.25 Å². The number of methoxy groups -OCH3 is 1. The van der Waals surface area contributed by atoms with Crippen LogP contribution in [0.3, 0.4) is 0 Å². The molecule has 2 aromatic rings. The Morgan fingerprint density at radius 3 is 2.49 bits per heavy atom. The second-order valence-corrected chi connectivity index (χ2v) is 10.8. The molecule has 0 saturated heterocycles. The molecule has 1 unspecified atom stereocenters. The number of rotatable bonds is 16. The molecule has 1 aromatic carbocycles. The number of amides is 1. The van der Waals surface area contributed by atoms with Gasteiger partial charge in [-0.15, -0.1) is 0 Å². The average Bonchev–Trinajstić information content (AvgIpc) is 3.36. The summed E-state index contributed by atoms with van der Waals surface area (Å²) in [6, 6.07) is 10.3. The van der Waals surface area contributed by atoms with Crippen molar-refractivity contribution in [2.24, 2.45) is 0 Å². The Morgan fingerprint density at radius 2 is 1.89 bits per heavy atom. The number of nitrogens with one attached hydrogen (secondary N) is 2. The van der Waals surface area contributed by atoms with Gasteiger partial charge in [0.05, 0.1) is 25.5 Å². The molecule has 1 aromatic heterocycles. The SMILES string of the molecule is CCCN(CCC)S(=O)(=O)C(C)C(=O)N[C@@H](Cc1ccco1)[C@H](O)CNCc1cccc(OC)c1. The number of hydrogen-bond donors (Lipinski definition) is 3. The molecule has 9 nitrogen and oxygen atoms in total. The molecule has 0 spiro atoms. The first-order valence-corrected chi connectivity index (χ1v) is 13.6. The number of carbonyl (C=O) groups is 1. The lowest BCUT2D eigenvalue weighted by Gasteiger charge is -2.28. The minimum absolute atomic E-state index is 0.182. The number of ether oxygens (including phenoxy) is 1. The van der Waals surface area contributed by atoms with Gasteiger partial charge in [0, 0.05) is 32.6 Å². The molecule has 0 bridgehead atoms. The number of carbonyl (C=O) groups excluding carboxylic acids is 1. The number of sulfonamides is 1. The van der Waals surface area contributed by atoms with Crippen LogP contribution in [-0.2, 0) is 27.8 Å². The molecule has 3 N–H and O–H groups in total. The summed E-state index contributed by atoms with van der Waals surface area (Å²) in [6.07, 6.45) is 2.08. The number of furan rings is 1. The molecular formula is C25H39N3O6S. The monoisotopic (exact) mass is 509 g/mol. The normalized spacial score (nSPS) is 14.5. The van der Waals surface area contributed by atoms with Crippen LogP contribution in [0.5, 0.6) is 5.75 Å². The molecule has 0 fully saturated rings. The van der Waals surface area contributed by atoms with Crippen molar-refractivity contribution in [3.05, 3.63) is 54.0 Å². The predicted molar refractivity (Wildman–Crippen MR) is 136 cm³/mol. The van der Waals surface area contributed by atoms with E-state index in [1.54, 1.807) is 19.2 Å². The summed E-state index contributed by atoms with van der Waals surface area (Å²) in [6.45, 7) is 6.58.